The quantitative estimate of drug-likeness (QED) is 0.0709. The van der Waals surface area contributed by atoms with Gasteiger partial charge in [-0.3, -0.25) is 4.79 Å². The first kappa shape index (κ1) is 33.0. The third-order valence-electron chi connectivity index (χ3n) is 6.11. The van der Waals surface area contributed by atoms with E-state index in [0.29, 0.717) is 39.3 Å². The summed E-state index contributed by atoms with van der Waals surface area (Å²) < 4.78 is 18.9. The minimum Gasteiger partial charge on any atom is -0.487 e. The normalized spacial score (nSPS) is 14.6. The van der Waals surface area contributed by atoms with Crippen molar-refractivity contribution in [2.24, 2.45) is 5.10 Å². The molecular weight excluding hydrogens is 818 g/mol. The van der Waals surface area contributed by atoms with Crippen LogP contribution in [-0.2, 0) is 20.9 Å². The summed E-state index contributed by atoms with van der Waals surface area (Å²) in [6.07, 6.45) is 1.55. The van der Waals surface area contributed by atoms with Crippen molar-refractivity contribution in [3.63, 3.8) is 0 Å². The van der Waals surface area contributed by atoms with Crippen LogP contribution in [0.15, 0.2) is 77.0 Å². The summed E-state index contributed by atoms with van der Waals surface area (Å²) in [5, 5.41) is 11.2. The maximum atomic E-state index is 12.7. The van der Waals surface area contributed by atoms with E-state index < -0.39 is 17.9 Å². The molecule has 0 aliphatic carbocycles. The molecule has 43 heavy (non-hydrogen) atoms. The molecule has 0 radical (unpaired) electrons. The lowest BCUT2D eigenvalue weighted by Gasteiger charge is -2.30. The maximum Gasteiger partial charge on any atom is 0.338 e. The molecule has 3 aromatic carbocycles. The largest absolute Gasteiger partial charge is 0.487 e. The van der Waals surface area contributed by atoms with Gasteiger partial charge in [0.05, 0.1) is 31.6 Å². The molecule has 3 aromatic rings. The van der Waals surface area contributed by atoms with E-state index in [1.54, 1.807) is 38.3 Å². The van der Waals surface area contributed by atoms with Gasteiger partial charge in [0.2, 0.25) is 0 Å². The van der Waals surface area contributed by atoms with Gasteiger partial charge in [-0.1, -0.05) is 48.0 Å². The fraction of sp³-hybridized carbons (Fsp3) is 0.200. The van der Waals surface area contributed by atoms with Crippen molar-refractivity contribution in [2.45, 2.75) is 26.5 Å². The van der Waals surface area contributed by atoms with Crippen LogP contribution < -0.4 is 25.5 Å². The Morgan fingerprint density at radius 3 is 2.51 bits per heavy atom. The molecule has 0 aromatic heterocycles. The lowest BCUT2D eigenvalue weighted by Crippen LogP contribution is -2.45. The second kappa shape index (κ2) is 15.7. The fourth-order valence-electron chi connectivity index (χ4n) is 4.17. The summed E-state index contributed by atoms with van der Waals surface area (Å²) in [4.78, 5) is 25.3. The number of rotatable bonds is 11. The monoisotopic (exact) mass is 844 g/mol. The molecular formula is C30H27ClI2N4O5S. The third kappa shape index (κ3) is 8.80. The highest BCUT2D eigenvalue weighted by atomic mass is 127. The molecule has 0 saturated heterocycles. The minimum absolute atomic E-state index is 0.228. The van der Waals surface area contributed by atoms with Gasteiger partial charge in [-0.25, -0.2) is 10.2 Å². The zero-order valence-corrected chi connectivity index (χ0v) is 29.0. The van der Waals surface area contributed by atoms with Crippen LogP contribution in [0.1, 0.15) is 36.6 Å². The standard InChI is InChI=1S/C30H27ClI2N4O5S/c1-3-40-29(39)26-17(2)35-30(43)36-27(26)20-9-5-7-11-24(20)41-16-25(38)37-34-14-18-12-22(32)28(23(33)13-18)42-15-19-8-4-6-10-21(19)31/h4-14,27H,3,15-16H2,1-2H3,(H,37,38)(H2,35,36,43)/t27-/m0/s1. The van der Waals surface area contributed by atoms with Crippen LogP contribution in [0.2, 0.25) is 5.02 Å². The first-order chi connectivity index (χ1) is 20.7. The highest BCUT2D eigenvalue weighted by Crippen LogP contribution is 2.34. The molecule has 1 heterocycles. The number of amides is 1. The molecule has 224 valence electrons. The number of para-hydroxylation sites is 1. The van der Waals surface area contributed by atoms with Crippen LogP contribution in [0.4, 0.5) is 0 Å². The Hall–Kier alpha value is -2.95. The lowest BCUT2D eigenvalue weighted by atomic mass is 9.95. The zero-order valence-electron chi connectivity index (χ0n) is 23.1. The molecule has 9 nitrogen and oxygen atoms in total. The SMILES string of the molecule is CCOC(=O)C1=C(C)NC(=S)N[C@H]1c1ccccc1OCC(=O)NN=Cc1cc(I)c(OCc2ccccc2Cl)c(I)c1. The predicted molar refractivity (Wildman–Crippen MR) is 186 cm³/mol. The lowest BCUT2D eigenvalue weighted by molar-refractivity contribution is -0.139. The summed E-state index contributed by atoms with van der Waals surface area (Å²) in [7, 11) is 0. The van der Waals surface area contributed by atoms with Gasteiger partial charge in [0.15, 0.2) is 11.7 Å². The van der Waals surface area contributed by atoms with Crippen LogP contribution >= 0.6 is 69.0 Å². The Labute approximate surface area is 287 Å². The van der Waals surface area contributed by atoms with Crippen molar-refractivity contribution in [1.82, 2.24) is 16.1 Å². The van der Waals surface area contributed by atoms with Gasteiger partial charge < -0.3 is 24.8 Å². The van der Waals surface area contributed by atoms with Crippen molar-refractivity contribution < 1.29 is 23.8 Å². The smallest absolute Gasteiger partial charge is 0.338 e. The second-order valence-electron chi connectivity index (χ2n) is 9.10. The van der Waals surface area contributed by atoms with E-state index >= 15 is 0 Å². The van der Waals surface area contributed by atoms with E-state index in [0.717, 1.165) is 24.0 Å². The van der Waals surface area contributed by atoms with Gasteiger partial charge in [-0.2, -0.15) is 5.10 Å². The van der Waals surface area contributed by atoms with Gasteiger partial charge in [0, 0.05) is 21.8 Å². The Morgan fingerprint density at radius 1 is 1.09 bits per heavy atom. The number of carbonyl (C=O) groups is 2. The van der Waals surface area contributed by atoms with Crippen molar-refractivity contribution in [3.05, 3.63) is 101 Å². The number of allylic oxidation sites excluding steroid dienone is 1. The van der Waals surface area contributed by atoms with Crippen LogP contribution in [0, 0.1) is 7.14 Å². The molecule has 0 saturated carbocycles. The topological polar surface area (TPSA) is 110 Å². The Balaban J connectivity index is 1.38. The second-order valence-corrected chi connectivity index (χ2v) is 12.2. The molecule has 4 rings (SSSR count). The van der Waals surface area contributed by atoms with E-state index in [9.17, 15) is 9.59 Å². The number of hydrazone groups is 1. The van der Waals surface area contributed by atoms with Crippen molar-refractivity contribution in [3.8, 4) is 11.5 Å². The zero-order chi connectivity index (χ0) is 30.9. The molecule has 1 aliphatic heterocycles. The Kier molecular flexibility index (Phi) is 12.0. The fourth-order valence-corrected chi connectivity index (χ4v) is 6.76. The number of nitrogens with zero attached hydrogens (tertiary/aromatic N) is 1. The first-order valence-electron chi connectivity index (χ1n) is 13.0. The number of halogens is 3. The van der Waals surface area contributed by atoms with E-state index in [4.69, 9.17) is 38.0 Å². The summed E-state index contributed by atoms with van der Waals surface area (Å²) in [6, 6.07) is 17.8. The Morgan fingerprint density at radius 2 is 1.79 bits per heavy atom. The average Bonchev–Trinajstić information content (AvgIpc) is 2.96. The number of nitrogens with one attached hydrogen (secondary N) is 3. The minimum atomic E-state index is -0.619. The third-order valence-corrected chi connectivity index (χ3v) is 8.30. The average molecular weight is 845 g/mol. The van der Waals surface area contributed by atoms with Crippen molar-refractivity contribution in [2.75, 3.05) is 13.2 Å². The van der Waals surface area contributed by atoms with Gasteiger partial charge in [-0.15, -0.1) is 0 Å². The molecule has 1 amide bonds. The molecule has 0 fully saturated rings. The summed E-state index contributed by atoms with van der Waals surface area (Å²) in [6.45, 7) is 3.77. The number of esters is 1. The Bertz CT molecular complexity index is 1580. The van der Waals surface area contributed by atoms with Crippen LogP contribution in [0.3, 0.4) is 0 Å². The van der Waals surface area contributed by atoms with E-state index in [1.165, 1.54) is 0 Å². The van der Waals surface area contributed by atoms with Crippen molar-refractivity contribution >= 4 is 92.2 Å². The van der Waals surface area contributed by atoms with Crippen LogP contribution in [-0.4, -0.2) is 36.4 Å². The molecule has 1 atom stereocenters. The molecule has 0 bridgehead atoms. The number of carbonyl (C=O) groups excluding carboxylic acids is 2. The van der Waals surface area contributed by atoms with Gasteiger partial charge in [0.25, 0.3) is 5.91 Å². The highest BCUT2D eigenvalue weighted by Gasteiger charge is 2.32. The summed E-state index contributed by atoms with van der Waals surface area (Å²) in [5.74, 6) is 0.226. The molecule has 0 spiro atoms. The number of benzene rings is 3. The maximum absolute atomic E-state index is 12.7. The van der Waals surface area contributed by atoms with E-state index in [-0.39, 0.29) is 13.2 Å². The van der Waals surface area contributed by atoms with Crippen molar-refractivity contribution in [1.29, 1.82) is 0 Å². The predicted octanol–water partition coefficient (Wildman–Crippen LogP) is 6.01. The van der Waals surface area contributed by atoms with Gasteiger partial charge in [-0.05, 0) is 101 Å². The molecule has 0 unspecified atom stereocenters. The molecule has 3 N–H and O–H groups in total. The first-order valence-corrected chi connectivity index (χ1v) is 16.0. The van der Waals surface area contributed by atoms with Gasteiger partial charge >= 0.3 is 5.97 Å². The van der Waals surface area contributed by atoms with Crippen LogP contribution in [0.5, 0.6) is 11.5 Å². The molecule has 13 heteroatoms. The highest BCUT2D eigenvalue weighted by molar-refractivity contribution is 14.1. The number of ether oxygens (including phenoxy) is 3. The van der Waals surface area contributed by atoms with Gasteiger partial charge in [0.1, 0.15) is 18.1 Å². The van der Waals surface area contributed by atoms with Crippen LogP contribution in [0.25, 0.3) is 0 Å². The summed E-state index contributed by atoms with van der Waals surface area (Å²) in [5.41, 5.74) is 5.76. The number of hydrogen-bond acceptors (Lipinski definition) is 7. The van der Waals surface area contributed by atoms with E-state index in [1.807, 2.05) is 42.5 Å². The van der Waals surface area contributed by atoms with E-state index in [2.05, 4.69) is 66.3 Å². The number of thiocarbonyl (C=S) groups is 1. The summed E-state index contributed by atoms with van der Waals surface area (Å²) >= 11 is 16.0. The number of hydrogen-bond donors (Lipinski definition) is 3. The molecule has 1 aliphatic rings.